The van der Waals surface area contributed by atoms with Crippen LogP contribution in [0.2, 0.25) is 0 Å². The number of rotatable bonds is 5. The molecule has 3 aromatic rings. The van der Waals surface area contributed by atoms with Gasteiger partial charge in [-0.2, -0.15) is 5.10 Å². The van der Waals surface area contributed by atoms with Gasteiger partial charge in [-0.15, -0.1) is 5.10 Å². The van der Waals surface area contributed by atoms with Gasteiger partial charge in [0.1, 0.15) is 0 Å². The third-order valence-electron chi connectivity index (χ3n) is 5.75. The van der Waals surface area contributed by atoms with Gasteiger partial charge in [0.25, 0.3) is 5.56 Å². The minimum atomic E-state index is -0.0459. The molecular weight excluding hydrogens is 364 g/mol. The van der Waals surface area contributed by atoms with E-state index in [2.05, 4.69) is 33.5 Å². The van der Waals surface area contributed by atoms with E-state index in [1.807, 2.05) is 32.2 Å². The molecule has 1 saturated carbocycles. The highest BCUT2D eigenvalue weighted by Gasteiger charge is 2.25. The lowest BCUT2D eigenvalue weighted by Crippen LogP contribution is -2.38. The Labute approximate surface area is 170 Å². The first kappa shape index (κ1) is 19.5. The summed E-state index contributed by atoms with van der Waals surface area (Å²) in [5.41, 5.74) is 3.11. The highest BCUT2D eigenvalue weighted by Crippen LogP contribution is 2.28. The summed E-state index contributed by atoms with van der Waals surface area (Å²) < 4.78 is 3.46. The van der Waals surface area contributed by atoms with Gasteiger partial charge in [-0.05, 0) is 70.2 Å². The molecule has 3 aromatic heterocycles. The van der Waals surface area contributed by atoms with E-state index in [-0.39, 0.29) is 17.6 Å². The molecule has 1 aliphatic carbocycles. The summed E-state index contributed by atoms with van der Waals surface area (Å²) in [6, 6.07) is 10.3. The van der Waals surface area contributed by atoms with E-state index in [0.717, 1.165) is 37.1 Å². The number of aromatic nitrogens is 5. The Kier molecular flexibility index (Phi) is 5.58. The van der Waals surface area contributed by atoms with E-state index < -0.39 is 0 Å². The lowest BCUT2D eigenvalue weighted by Gasteiger charge is -2.31. The second kappa shape index (κ2) is 8.29. The highest BCUT2D eigenvalue weighted by atomic mass is 16.1. The molecule has 29 heavy (non-hydrogen) atoms. The van der Waals surface area contributed by atoms with Crippen LogP contribution in [0.15, 0.2) is 47.5 Å². The minimum absolute atomic E-state index is 0.0459. The van der Waals surface area contributed by atoms with Gasteiger partial charge in [0, 0.05) is 36.2 Å². The fraction of sp³-hybridized carbons (Fsp3) is 0.455. The van der Waals surface area contributed by atoms with Gasteiger partial charge in [0.15, 0.2) is 5.82 Å². The molecule has 4 rings (SSSR count). The number of hydrogen-bond acceptors (Lipinski definition) is 5. The van der Waals surface area contributed by atoms with Crippen molar-refractivity contribution in [3.05, 3.63) is 70.0 Å². The first-order valence-electron chi connectivity index (χ1n) is 10.3. The molecule has 7 nitrogen and oxygen atoms in total. The fourth-order valence-electron chi connectivity index (χ4n) is 4.22. The molecule has 152 valence electrons. The maximum absolute atomic E-state index is 12.5. The van der Waals surface area contributed by atoms with Crippen molar-refractivity contribution >= 4 is 0 Å². The van der Waals surface area contributed by atoms with Crippen molar-refractivity contribution in [1.82, 2.24) is 29.9 Å². The summed E-state index contributed by atoms with van der Waals surface area (Å²) in [5.74, 6) is 0.695. The molecule has 7 heteroatoms. The van der Waals surface area contributed by atoms with Crippen molar-refractivity contribution in [3.8, 4) is 5.82 Å². The van der Waals surface area contributed by atoms with Crippen molar-refractivity contribution in [1.29, 1.82) is 0 Å². The Morgan fingerprint density at radius 1 is 1.10 bits per heavy atom. The first-order valence-corrected chi connectivity index (χ1v) is 10.3. The molecule has 0 aliphatic heterocycles. The van der Waals surface area contributed by atoms with Crippen molar-refractivity contribution in [2.75, 3.05) is 0 Å². The van der Waals surface area contributed by atoms with E-state index in [0.29, 0.717) is 11.9 Å². The average molecular weight is 393 g/mol. The Hall–Kier alpha value is -2.80. The Balaban J connectivity index is 1.44. The number of hydrogen-bond donors (Lipinski definition) is 1. The van der Waals surface area contributed by atoms with Crippen LogP contribution in [0.4, 0.5) is 0 Å². The summed E-state index contributed by atoms with van der Waals surface area (Å²) in [6.07, 6.45) is 7.63. The van der Waals surface area contributed by atoms with E-state index in [9.17, 15) is 4.79 Å². The van der Waals surface area contributed by atoms with Crippen molar-refractivity contribution in [3.63, 3.8) is 0 Å². The smallest absolute Gasteiger partial charge is 0.267 e. The maximum Gasteiger partial charge on any atom is 0.267 e. The van der Waals surface area contributed by atoms with Gasteiger partial charge in [0.2, 0.25) is 0 Å². The third-order valence-corrected chi connectivity index (χ3v) is 5.75. The van der Waals surface area contributed by atoms with Crippen LogP contribution in [0.1, 0.15) is 61.6 Å². The quantitative estimate of drug-likeness (QED) is 0.721. The summed E-state index contributed by atoms with van der Waals surface area (Å²) in [7, 11) is 0. The summed E-state index contributed by atoms with van der Waals surface area (Å²) in [5, 5.41) is 12.9. The molecule has 1 unspecified atom stereocenters. The maximum atomic E-state index is 12.5. The molecule has 3 heterocycles. The van der Waals surface area contributed by atoms with Crippen LogP contribution in [0.25, 0.3) is 5.82 Å². The average Bonchev–Trinajstić information content (AvgIpc) is 3.08. The van der Waals surface area contributed by atoms with Crippen LogP contribution in [0.3, 0.4) is 0 Å². The second-order valence-corrected chi connectivity index (χ2v) is 7.99. The van der Waals surface area contributed by atoms with E-state index in [1.54, 1.807) is 27.7 Å². The Morgan fingerprint density at radius 2 is 1.90 bits per heavy atom. The molecule has 0 bridgehead atoms. The summed E-state index contributed by atoms with van der Waals surface area (Å²) >= 11 is 0. The van der Waals surface area contributed by atoms with Gasteiger partial charge in [0.05, 0.1) is 11.7 Å². The van der Waals surface area contributed by atoms with Gasteiger partial charge in [-0.1, -0.05) is 6.07 Å². The molecule has 1 N–H and O–H groups in total. The van der Waals surface area contributed by atoms with Crippen LogP contribution in [0, 0.1) is 13.8 Å². The zero-order valence-electron chi connectivity index (χ0n) is 17.2. The van der Waals surface area contributed by atoms with Crippen molar-refractivity contribution < 1.29 is 0 Å². The Bertz CT molecular complexity index is 1020. The zero-order chi connectivity index (χ0) is 20.4. The van der Waals surface area contributed by atoms with Gasteiger partial charge in [-0.3, -0.25) is 9.78 Å². The van der Waals surface area contributed by atoms with Gasteiger partial charge in [-0.25, -0.2) is 9.36 Å². The van der Waals surface area contributed by atoms with E-state index in [4.69, 9.17) is 0 Å². The van der Waals surface area contributed by atoms with Crippen LogP contribution in [-0.4, -0.2) is 30.6 Å². The molecule has 0 aromatic carbocycles. The van der Waals surface area contributed by atoms with Crippen LogP contribution in [0.5, 0.6) is 0 Å². The molecule has 0 radical (unpaired) electrons. The predicted molar refractivity (Wildman–Crippen MR) is 112 cm³/mol. The van der Waals surface area contributed by atoms with Gasteiger partial charge < -0.3 is 5.32 Å². The van der Waals surface area contributed by atoms with Crippen LogP contribution < -0.4 is 10.9 Å². The molecule has 0 spiro atoms. The largest absolute Gasteiger partial charge is 0.307 e. The van der Waals surface area contributed by atoms with Gasteiger partial charge >= 0.3 is 0 Å². The molecule has 1 atom stereocenters. The molecule has 1 aliphatic rings. The predicted octanol–water partition coefficient (Wildman–Crippen LogP) is 3.28. The number of aryl methyl sites for hydroxylation is 2. The minimum Gasteiger partial charge on any atom is -0.307 e. The SMILES string of the molecule is Cc1cc(C)n(-c2ccc(=O)n(C3CCC(NC(C)c4cccnc4)CC3)n2)n1. The van der Waals surface area contributed by atoms with Crippen molar-refractivity contribution in [2.24, 2.45) is 0 Å². The van der Waals surface area contributed by atoms with E-state index in [1.165, 1.54) is 5.56 Å². The molecular formula is C22H28N6O. The monoisotopic (exact) mass is 392 g/mol. The number of nitrogens with zero attached hydrogens (tertiary/aromatic N) is 5. The van der Waals surface area contributed by atoms with Crippen molar-refractivity contribution in [2.45, 2.75) is 64.6 Å². The normalized spacial score (nSPS) is 20.5. The summed E-state index contributed by atoms with van der Waals surface area (Å²) in [6.45, 7) is 6.13. The summed E-state index contributed by atoms with van der Waals surface area (Å²) in [4.78, 5) is 16.7. The molecule has 0 saturated heterocycles. The topological polar surface area (TPSA) is 77.6 Å². The Morgan fingerprint density at radius 3 is 2.55 bits per heavy atom. The van der Waals surface area contributed by atoms with E-state index >= 15 is 0 Å². The highest BCUT2D eigenvalue weighted by molar-refractivity contribution is 5.24. The second-order valence-electron chi connectivity index (χ2n) is 7.99. The standard InChI is InChI=1S/C22H28N6O/c1-15-13-16(2)27(25-15)21-10-11-22(29)28(26-21)20-8-6-19(7-9-20)24-17(3)18-5-4-12-23-14-18/h4-5,10-14,17,19-20,24H,6-9H2,1-3H3. The number of pyridine rings is 1. The van der Waals surface area contributed by atoms with Crippen LogP contribution >= 0.6 is 0 Å². The lowest BCUT2D eigenvalue weighted by molar-refractivity contribution is 0.258. The lowest BCUT2D eigenvalue weighted by atomic mass is 9.90. The number of nitrogens with one attached hydrogen (secondary N) is 1. The zero-order valence-corrected chi connectivity index (χ0v) is 17.2. The third kappa shape index (κ3) is 4.29. The fourth-order valence-corrected chi connectivity index (χ4v) is 4.22. The van der Waals surface area contributed by atoms with Crippen LogP contribution in [-0.2, 0) is 0 Å². The molecule has 0 amide bonds. The molecule has 1 fully saturated rings. The first-order chi connectivity index (χ1) is 14.0.